The van der Waals surface area contributed by atoms with Crippen LogP contribution in [0.3, 0.4) is 0 Å². The summed E-state index contributed by atoms with van der Waals surface area (Å²) in [7, 11) is 0. The van der Waals surface area contributed by atoms with Gasteiger partial charge in [-0.15, -0.1) is 0 Å². The van der Waals surface area contributed by atoms with Crippen molar-refractivity contribution in [1.82, 2.24) is 0 Å². The summed E-state index contributed by atoms with van der Waals surface area (Å²) >= 11 is 6.16. The zero-order valence-electron chi connectivity index (χ0n) is 11.5. The lowest BCUT2D eigenvalue weighted by atomic mass is 9.69. The molecule has 1 aromatic rings. The first-order chi connectivity index (χ1) is 8.62. The van der Waals surface area contributed by atoms with Crippen molar-refractivity contribution in [3.8, 4) is 0 Å². The predicted octanol–water partition coefficient (Wildman–Crippen LogP) is 5.75. The van der Waals surface area contributed by atoms with Crippen LogP contribution >= 0.6 is 11.6 Å². The van der Waals surface area contributed by atoms with Crippen LogP contribution in [0.1, 0.15) is 51.5 Å². The van der Waals surface area contributed by atoms with E-state index < -0.39 is 0 Å². The Hall–Kier alpha value is -0.750. The highest BCUT2D eigenvalue weighted by atomic mass is 35.5. The van der Waals surface area contributed by atoms with Gasteiger partial charge < -0.3 is 0 Å². The standard InChI is InChI=1S/C17H23Cl/c1-14(2)9-12-17(10-4-3-5-11-17)15-7-6-8-16(18)13-15/h6-9,12-14H,3-5,10-11H2,1-2H3/b12-9+. The summed E-state index contributed by atoms with van der Waals surface area (Å²) in [6.45, 7) is 4.48. The van der Waals surface area contributed by atoms with Crippen molar-refractivity contribution in [3.05, 3.63) is 47.0 Å². The second-order valence-electron chi connectivity index (χ2n) is 5.83. The van der Waals surface area contributed by atoms with E-state index in [0.717, 1.165) is 5.02 Å². The molecule has 0 spiro atoms. The Labute approximate surface area is 116 Å². The molecule has 1 aliphatic rings. The monoisotopic (exact) mass is 262 g/mol. The second-order valence-corrected chi connectivity index (χ2v) is 6.27. The molecule has 0 unspecified atom stereocenters. The molecule has 0 atom stereocenters. The molecule has 0 nitrogen and oxygen atoms in total. The number of allylic oxidation sites excluding steroid dienone is 2. The van der Waals surface area contributed by atoms with Crippen molar-refractivity contribution in [2.24, 2.45) is 5.92 Å². The molecule has 0 heterocycles. The van der Waals surface area contributed by atoms with E-state index in [4.69, 9.17) is 11.6 Å². The van der Waals surface area contributed by atoms with Crippen molar-refractivity contribution in [2.45, 2.75) is 51.4 Å². The second kappa shape index (κ2) is 5.93. The zero-order valence-corrected chi connectivity index (χ0v) is 12.2. The number of hydrogen-bond donors (Lipinski definition) is 0. The minimum atomic E-state index is 0.230. The summed E-state index contributed by atoms with van der Waals surface area (Å²) in [6.07, 6.45) is 11.4. The average molecular weight is 263 g/mol. The van der Waals surface area contributed by atoms with Crippen LogP contribution in [0.4, 0.5) is 0 Å². The van der Waals surface area contributed by atoms with Gasteiger partial charge in [0, 0.05) is 10.4 Å². The van der Waals surface area contributed by atoms with Crippen LogP contribution in [0.15, 0.2) is 36.4 Å². The number of hydrogen-bond acceptors (Lipinski definition) is 0. The van der Waals surface area contributed by atoms with Gasteiger partial charge in [-0.2, -0.15) is 0 Å². The van der Waals surface area contributed by atoms with Gasteiger partial charge in [-0.25, -0.2) is 0 Å². The molecule has 2 rings (SSSR count). The van der Waals surface area contributed by atoms with Gasteiger partial charge in [-0.05, 0) is 36.5 Å². The molecule has 0 aliphatic heterocycles. The molecule has 1 fully saturated rings. The smallest absolute Gasteiger partial charge is 0.0409 e. The van der Waals surface area contributed by atoms with Crippen molar-refractivity contribution in [2.75, 3.05) is 0 Å². The van der Waals surface area contributed by atoms with Gasteiger partial charge in [0.2, 0.25) is 0 Å². The Morgan fingerprint density at radius 3 is 2.50 bits per heavy atom. The van der Waals surface area contributed by atoms with Crippen LogP contribution in [0.2, 0.25) is 5.02 Å². The van der Waals surface area contributed by atoms with Crippen molar-refractivity contribution >= 4 is 11.6 Å². The molecular weight excluding hydrogens is 240 g/mol. The lowest BCUT2D eigenvalue weighted by Crippen LogP contribution is -2.26. The quantitative estimate of drug-likeness (QED) is 0.608. The Bertz CT molecular complexity index is 411. The first-order valence-corrected chi connectivity index (χ1v) is 7.46. The first-order valence-electron chi connectivity index (χ1n) is 7.08. The summed E-state index contributed by atoms with van der Waals surface area (Å²) in [6, 6.07) is 8.43. The van der Waals surface area contributed by atoms with Crippen molar-refractivity contribution in [3.63, 3.8) is 0 Å². The molecule has 0 aromatic heterocycles. The SMILES string of the molecule is CC(C)/C=C/C1(c2cccc(Cl)c2)CCCCC1. The Morgan fingerprint density at radius 1 is 1.17 bits per heavy atom. The van der Waals surface area contributed by atoms with Crippen molar-refractivity contribution in [1.29, 1.82) is 0 Å². The van der Waals surface area contributed by atoms with Crippen molar-refractivity contribution < 1.29 is 0 Å². The number of benzene rings is 1. The third-order valence-corrected chi connectivity index (χ3v) is 4.18. The van der Waals surface area contributed by atoms with E-state index in [-0.39, 0.29) is 5.41 Å². The van der Waals surface area contributed by atoms with E-state index in [9.17, 15) is 0 Å². The lowest BCUT2D eigenvalue weighted by molar-refractivity contribution is 0.356. The molecular formula is C17H23Cl. The van der Waals surface area contributed by atoms with E-state index in [1.807, 2.05) is 6.07 Å². The highest BCUT2D eigenvalue weighted by Gasteiger charge is 2.31. The summed E-state index contributed by atoms with van der Waals surface area (Å²) in [5.41, 5.74) is 1.62. The minimum Gasteiger partial charge on any atom is -0.0851 e. The van der Waals surface area contributed by atoms with Crippen LogP contribution in [0.5, 0.6) is 0 Å². The molecule has 98 valence electrons. The highest BCUT2D eigenvalue weighted by molar-refractivity contribution is 6.30. The fraction of sp³-hybridized carbons (Fsp3) is 0.529. The maximum atomic E-state index is 6.16. The van der Waals surface area contributed by atoms with Gasteiger partial charge in [0.1, 0.15) is 0 Å². The maximum absolute atomic E-state index is 6.16. The van der Waals surface area contributed by atoms with Gasteiger partial charge >= 0.3 is 0 Å². The molecule has 1 heteroatoms. The topological polar surface area (TPSA) is 0 Å². The maximum Gasteiger partial charge on any atom is 0.0409 e. The van der Waals surface area contributed by atoms with E-state index in [1.165, 1.54) is 37.7 Å². The molecule has 1 aromatic carbocycles. The normalized spacial score (nSPS) is 19.6. The molecule has 18 heavy (non-hydrogen) atoms. The van der Waals surface area contributed by atoms with Gasteiger partial charge in [0.15, 0.2) is 0 Å². The summed E-state index contributed by atoms with van der Waals surface area (Å²) in [5.74, 6) is 0.614. The van der Waals surface area contributed by atoms with Crippen LogP contribution in [0, 0.1) is 5.92 Å². The molecule has 1 saturated carbocycles. The van der Waals surface area contributed by atoms with Gasteiger partial charge in [0.05, 0.1) is 0 Å². The predicted molar refractivity (Wildman–Crippen MR) is 80.2 cm³/mol. The number of halogens is 1. The van der Waals surface area contributed by atoms with E-state index in [0.29, 0.717) is 5.92 Å². The fourth-order valence-corrected chi connectivity index (χ4v) is 3.10. The van der Waals surface area contributed by atoms with Crippen LogP contribution < -0.4 is 0 Å². The largest absolute Gasteiger partial charge is 0.0851 e. The van der Waals surface area contributed by atoms with Gasteiger partial charge in [-0.1, -0.05) is 69.0 Å². The zero-order chi connectivity index (χ0) is 13.0. The highest BCUT2D eigenvalue weighted by Crippen LogP contribution is 2.41. The molecule has 1 aliphatic carbocycles. The van der Waals surface area contributed by atoms with E-state index >= 15 is 0 Å². The third-order valence-electron chi connectivity index (χ3n) is 3.95. The third kappa shape index (κ3) is 3.17. The lowest BCUT2D eigenvalue weighted by Gasteiger charge is -2.35. The van der Waals surface area contributed by atoms with Gasteiger partial charge in [-0.3, -0.25) is 0 Å². The molecule has 0 amide bonds. The fourth-order valence-electron chi connectivity index (χ4n) is 2.91. The molecule has 0 N–H and O–H groups in total. The summed E-state index contributed by atoms with van der Waals surface area (Å²) in [5, 5.41) is 0.857. The van der Waals surface area contributed by atoms with Crippen LogP contribution in [-0.4, -0.2) is 0 Å². The molecule has 0 saturated heterocycles. The summed E-state index contributed by atoms with van der Waals surface area (Å²) < 4.78 is 0. The van der Waals surface area contributed by atoms with Crippen LogP contribution in [-0.2, 0) is 5.41 Å². The average Bonchev–Trinajstić information content (AvgIpc) is 2.37. The van der Waals surface area contributed by atoms with E-state index in [2.05, 4.69) is 44.2 Å². The van der Waals surface area contributed by atoms with Crippen LogP contribution in [0.25, 0.3) is 0 Å². The Kier molecular flexibility index (Phi) is 4.50. The first kappa shape index (κ1) is 13.7. The molecule has 0 radical (unpaired) electrons. The summed E-state index contributed by atoms with van der Waals surface area (Å²) in [4.78, 5) is 0. The number of rotatable bonds is 3. The Balaban J connectivity index is 2.35. The van der Waals surface area contributed by atoms with E-state index in [1.54, 1.807) is 0 Å². The minimum absolute atomic E-state index is 0.230. The Morgan fingerprint density at radius 2 is 1.89 bits per heavy atom. The van der Waals surface area contributed by atoms with Gasteiger partial charge in [0.25, 0.3) is 0 Å². The molecule has 0 bridgehead atoms.